The normalized spacial score (nSPS) is 16.9. The van der Waals surface area contributed by atoms with Crippen molar-refractivity contribution in [3.63, 3.8) is 0 Å². The summed E-state index contributed by atoms with van der Waals surface area (Å²) in [5.41, 5.74) is -2.24. The molecule has 1 N–H and O–H groups in total. The molecule has 1 unspecified atom stereocenters. The van der Waals surface area contributed by atoms with E-state index < -0.39 is 37.2 Å². The Hall–Kier alpha value is -0.460. The second-order valence-corrected chi connectivity index (χ2v) is 4.23. The molecule has 0 saturated carbocycles. The molecule has 7 heteroatoms. The van der Waals surface area contributed by atoms with E-state index in [1.165, 1.54) is 0 Å². The van der Waals surface area contributed by atoms with Crippen molar-refractivity contribution in [3.05, 3.63) is 0 Å². The molecule has 0 aromatic heterocycles. The Morgan fingerprint density at radius 1 is 0.941 bits per heavy atom. The van der Waals surface area contributed by atoms with Gasteiger partial charge in [-0.15, -0.1) is 0 Å². The lowest BCUT2D eigenvalue weighted by atomic mass is 9.93. The van der Waals surface area contributed by atoms with Gasteiger partial charge in [0.1, 0.15) is 5.54 Å². The lowest BCUT2D eigenvalue weighted by Crippen LogP contribution is -2.54. The van der Waals surface area contributed by atoms with Crippen LogP contribution < -0.4 is 5.32 Å². The minimum absolute atomic E-state index is 0.127. The van der Waals surface area contributed by atoms with E-state index in [2.05, 4.69) is 5.32 Å². The van der Waals surface area contributed by atoms with Gasteiger partial charge in [0.05, 0.1) is 0 Å². The maximum absolute atomic E-state index is 12.7. The summed E-state index contributed by atoms with van der Waals surface area (Å²) in [6.45, 7) is 2.72. The van der Waals surface area contributed by atoms with Crippen LogP contribution in [0.15, 0.2) is 0 Å². The van der Waals surface area contributed by atoms with Gasteiger partial charge in [0, 0.05) is 6.42 Å². The van der Waals surface area contributed by atoms with Crippen molar-refractivity contribution in [2.24, 2.45) is 0 Å². The lowest BCUT2D eigenvalue weighted by Gasteiger charge is -2.33. The van der Waals surface area contributed by atoms with Crippen LogP contribution in [0.4, 0.5) is 26.3 Å². The first-order chi connectivity index (χ1) is 7.52. The molecule has 0 heterocycles. The number of nitrogens with one attached hydrogen (secondary N) is 1. The van der Waals surface area contributed by atoms with Crippen molar-refractivity contribution in [2.45, 2.75) is 57.4 Å². The third-order valence-corrected chi connectivity index (χ3v) is 2.53. The number of rotatable bonds is 6. The van der Waals surface area contributed by atoms with Gasteiger partial charge < -0.3 is 5.32 Å². The zero-order valence-electron chi connectivity index (χ0n) is 9.80. The van der Waals surface area contributed by atoms with E-state index in [0.717, 1.165) is 6.92 Å². The van der Waals surface area contributed by atoms with E-state index in [1.54, 1.807) is 6.92 Å². The zero-order valence-corrected chi connectivity index (χ0v) is 9.80. The number of halogens is 6. The van der Waals surface area contributed by atoms with Gasteiger partial charge in [0.15, 0.2) is 0 Å². The van der Waals surface area contributed by atoms with Gasteiger partial charge in [0.2, 0.25) is 0 Å². The largest absolute Gasteiger partial charge is 0.406 e. The summed E-state index contributed by atoms with van der Waals surface area (Å²) in [7, 11) is 0. The smallest absolute Gasteiger partial charge is 0.304 e. The van der Waals surface area contributed by atoms with Gasteiger partial charge in [-0.05, 0) is 32.7 Å². The average Bonchev–Trinajstić information content (AvgIpc) is 2.10. The van der Waals surface area contributed by atoms with Crippen LogP contribution in [-0.2, 0) is 0 Å². The Morgan fingerprint density at radius 3 is 1.82 bits per heavy atom. The molecule has 1 nitrogen and oxygen atoms in total. The lowest BCUT2D eigenvalue weighted by molar-refractivity contribution is -0.196. The van der Waals surface area contributed by atoms with Crippen molar-refractivity contribution in [1.29, 1.82) is 0 Å². The number of alkyl halides is 6. The third-order valence-electron chi connectivity index (χ3n) is 2.53. The van der Waals surface area contributed by atoms with Gasteiger partial charge in [-0.25, -0.2) is 0 Å². The molecule has 0 rings (SSSR count). The van der Waals surface area contributed by atoms with Gasteiger partial charge in [-0.3, -0.25) is 0 Å². The molecule has 1 atom stereocenters. The Labute approximate surface area is 96.6 Å². The standard InChI is InChI=1S/C10H17F6N/c1-3-7-17-8(2,10(14,15)16)5-4-6-9(11,12)13/h17H,3-7H2,1-2H3. The van der Waals surface area contributed by atoms with Crippen LogP contribution in [0.5, 0.6) is 0 Å². The van der Waals surface area contributed by atoms with Crippen LogP contribution in [0.25, 0.3) is 0 Å². The first-order valence-electron chi connectivity index (χ1n) is 5.40. The van der Waals surface area contributed by atoms with Crippen LogP contribution >= 0.6 is 0 Å². The average molecular weight is 265 g/mol. The Morgan fingerprint density at radius 2 is 1.47 bits per heavy atom. The second-order valence-electron chi connectivity index (χ2n) is 4.23. The van der Waals surface area contributed by atoms with Crippen LogP contribution in [-0.4, -0.2) is 24.4 Å². The first kappa shape index (κ1) is 16.5. The highest BCUT2D eigenvalue weighted by molar-refractivity contribution is 4.90. The summed E-state index contributed by atoms with van der Waals surface area (Å²) in [5.74, 6) is 0. The van der Waals surface area contributed by atoms with Crippen LogP contribution in [0.2, 0.25) is 0 Å². The minimum atomic E-state index is -4.55. The second kappa shape index (κ2) is 5.93. The van der Waals surface area contributed by atoms with Crippen molar-refractivity contribution < 1.29 is 26.3 Å². The number of hydrogen-bond acceptors (Lipinski definition) is 1. The summed E-state index contributed by atoms with van der Waals surface area (Å²) in [5, 5.41) is 2.28. The van der Waals surface area contributed by atoms with Crippen molar-refractivity contribution in [2.75, 3.05) is 6.54 Å². The molecule has 0 aliphatic heterocycles. The third kappa shape index (κ3) is 6.14. The predicted octanol–water partition coefficient (Wildman–Crippen LogP) is 4.04. The monoisotopic (exact) mass is 265 g/mol. The van der Waals surface area contributed by atoms with Crippen LogP contribution in [0.3, 0.4) is 0 Å². The van der Waals surface area contributed by atoms with E-state index in [1.807, 2.05) is 0 Å². The first-order valence-corrected chi connectivity index (χ1v) is 5.40. The van der Waals surface area contributed by atoms with E-state index >= 15 is 0 Å². The fraction of sp³-hybridized carbons (Fsp3) is 1.00. The topological polar surface area (TPSA) is 12.0 Å². The molecule has 0 radical (unpaired) electrons. The Balaban J connectivity index is 4.40. The minimum Gasteiger partial charge on any atom is -0.304 e. The van der Waals surface area contributed by atoms with Gasteiger partial charge in [-0.2, -0.15) is 26.3 Å². The zero-order chi connectivity index (χ0) is 13.7. The quantitative estimate of drug-likeness (QED) is 0.715. The summed E-state index contributed by atoms with van der Waals surface area (Å²) in [6, 6.07) is 0. The highest BCUT2D eigenvalue weighted by Crippen LogP contribution is 2.35. The molecule has 0 aromatic carbocycles. The van der Waals surface area contributed by atoms with Crippen LogP contribution in [0.1, 0.15) is 39.5 Å². The molecular formula is C10H17F6N. The summed E-state index contributed by atoms with van der Waals surface area (Å²) in [4.78, 5) is 0. The fourth-order valence-corrected chi connectivity index (χ4v) is 1.37. The van der Waals surface area contributed by atoms with Crippen molar-refractivity contribution in [1.82, 2.24) is 5.32 Å². The molecule has 0 bridgehead atoms. The van der Waals surface area contributed by atoms with E-state index in [0.29, 0.717) is 6.42 Å². The van der Waals surface area contributed by atoms with Crippen LogP contribution in [0, 0.1) is 0 Å². The van der Waals surface area contributed by atoms with Gasteiger partial charge in [-0.1, -0.05) is 6.92 Å². The highest BCUT2D eigenvalue weighted by Gasteiger charge is 2.50. The molecule has 0 amide bonds. The summed E-state index contributed by atoms with van der Waals surface area (Å²) < 4.78 is 73.7. The summed E-state index contributed by atoms with van der Waals surface area (Å²) in [6.07, 6.45) is -10.8. The van der Waals surface area contributed by atoms with E-state index in [4.69, 9.17) is 0 Å². The van der Waals surface area contributed by atoms with E-state index in [9.17, 15) is 26.3 Å². The molecule has 17 heavy (non-hydrogen) atoms. The Bertz CT molecular complexity index is 222. The molecule has 0 aromatic rings. The van der Waals surface area contributed by atoms with E-state index in [-0.39, 0.29) is 6.54 Å². The highest BCUT2D eigenvalue weighted by atomic mass is 19.4. The number of hydrogen-bond donors (Lipinski definition) is 1. The fourth-order valence-electron chi connectivity index (χ4n) is 1.37. The van der Waals surface area contributed by atoms with Crippen molar-refractivity contribution in [3.8, 4) is 0 Å². The van der Waals surface area contributed by atoms with Crippen molar-refractivity contribution >= 4 is 0 Å². The molecule has 0 saturated heterocycles. The van der Waals surface area contributed by atoms with Gasteiger partial charge >= 0.3 is 12.4 Å². The molecule has 0 aliphatic carbocycles. The molecule has 104 valence electrons. The molecule has 0 spiro atoms. The summed E-state index contributed by atoms with van der Waals surface area (Å²) >= 11 is 0. The maximum Gasteiger partial charge on any atom is 0.406 e. The molecule has 0 fully saturated rings. The van der Waals surface area contributed by atoms with Gasteiger partial charge in [0.25, 0.3) is 0 Å². The maximum atomic E-state index is 12.7. The predicted molar refractivity (Wildman–Crippen MR) is 52.7 cm³/mol. The molecular weight excluding hydrogens is 248 g/mol. The molecule has 0 aliphatic rings. The Kier molecular flexibility index (Phi) is 5.77. The SMILES string of the molecule is CCCNC(C)(CCCC(F)(F)F)C(F)(F)F.